The van der Waals surface area contributed by atoms with E-state index in [4.69, 9.17) is 0 Å². The van der Waals surface area contributed by atoms with Crippen molar-refractivity contribution >= 4 is 0 Å². The van der Waals surface area contributed by atoms with Crippen molar-refractivity contribution in [2.24, 2.45) is 11.1 Å². The number of halogens is 3. The molecule has 0 bridgehead atoms. The number of nitrogens with zero attached hydrogens (tertiary/aromatic N) is 1. The van der Waals surface area contributed by atoms with Crippen molar-refractivity contribution in [2.75, 3.05) is 0 Å². The summed E-state index contributed by atoms with van der Waals surface area (Å²) in [6, 6.07) is 4.08. The fourth-order valence-electron chi connectivity index (χ4n) is 1.61. The number of benzene rings is 1. The smallest absolute Gasteiger partial charge is 0.166 e. The van der Waals surface area contributed by atoms with Gasteiger partial charge in [0.25, 0.3) is 0 Å². The van der Waals surface area contributed by atoms with Gasteiger partial charge in [-0.25, -0.2) is 0 Å². The van der Waals surface area contributed by atoms with Crippen molar-refractivity contribution in [1.82, 2.24) is 0 Å². The maximum Gasteiger partial charge on any atom is 0.416 e. The van der Waals surface area contributed by atoms with Crippen LogP contribution in [0.1, 0.15) is 37.4 Å². The predicted octanol–water partition coefficient (Wildman–Crippen LogP) is 4.56. The largest absolute Gasteiger partial charge is 0.416 e. The van der Waals surface area contributed by atoms with Crippen molar-refractivity contribution in [3.05, 3.63) is 40.3 Å². The molecule has 0 aliphatic heterocycles. The van der Waals surface area contributed by atoms with Gasteiger partial charge in [0, 0.05) is 0 Å². The number of nitroso groups, excluding NO2 is 1. The van der Waals surface area contributed by atoms with E-state index in [-0.39, 0.29) is 5.92 Å². The number of hydrogen-bond donors (Lipinski definition) is 0. The molecule has 0 heterocycles. The van der Waals surface area contributed by atoms with Crippen molar-refractivity contribution < 1.29 is 13.2 Å². The summed E-state index contributed by atoms with van der Waals surface area (Å²) >= 11 is 0. The molecule has 0 aromatic heterocycles. The van der Waals surface area contributed by atoms with Crippen LogP contribution in [-0.2, 0) is 6.18 Å². The second-order valence-corrected chi connectivity index (χ2v) is 4.37. The van der Waals surface area contributed by atoms with E-state index in [1.807, 2.05) is 13.8 Å². The third-order valence-electron chi connectivity index (χ3n) is 2.42. The van der Waals surface area contributed by atoms with Gasteiger partial charge in [0.15, 0.2) is 0 Å². The Labute approximate surface area is 97.8 Å². The van der Waals surface area contributed by atoms with E-state index in [1.54, 1.807) is 0 Å². The van der Waals surface area contributed by atoms with Crippen LogP contribution in [0.5, 0.6) is 0 Å². The van der Waals surface area contributed by atoms with Crippen molar-refractivity contribution in [3.63, 3.8) is 0 Å². The maximum atomic E-state index is 12.5. The molecule has 1 rings (SSSR count). The van der Waals surface area contributed by atoms with Gasteiger partial charge in [-0.15, -0.1) is 0 Å². The molecule has 0 fully saturated rings. The third kappa shape index (κ3) is 3.84. The molecule has 0 amide bonds. The molecule has 0 radical (unpaired) electrons. The highest BCUT2D eigenvalue weighted by Crippen LogP contribution is 2.32. The molecule has 1 aromatic rings. The zero-order chi connectivity index (χ0) is 13.1. The summed E-state index contributed by atoms with van der Waals surface area (Å²) in [4.78, 5) is 10.7. The first-order valence-electron chi connectivity index (χ1n) is 5.34. The van der Waals surface area contributed by atoms with Gasteiger partial charge in [-0.2, -0.15) is 18.1 Å². The monoisotopic (exact) mass is 245 g/mol. The molecule has 0 saturated heterocycles. The van der Waals surface area contributed by atoms with Crippen LogP contribution in [-0.4, -0.2) is 0 Å². The zero-order valence-electron chi connectivity index (χ0n) is 9.66. The Balaban J connectivity index is 3.01. The van der Waals surface area contributed by atoms with Crippen molar-refractivity contribution in [3.8, 4) is 0 Å². The zero-order valence-corrected chi connectivity index (χ0v) is 9.66. The summed E-state index contributed by atoms with van der Waals surface area (Å²) in [5, 5.41) is 2.90. The highest BCUT2D eigenvalue weighted by atomic mass is 19.4. The standard InChI is InChI=1S/C12H14F3NO/c1-8(2)6-11(16-17)9-4-3-5-10(7-9)12(13,14)15/h3-5,7-8,11H,6H2,1-2H3. The fourth-order valence-corrected chi connectivity index (χ4v) is 1.61. The molecule has 0 spiro atoms. The van der Waals surface area contributed by atoms with Gasteiger partial charge in [-0.1, -0.05) is 31.2 Å². The molecule has 0 aliphatic carbocycles. The van der Waals surface area contributed by atoms with Crippen molar-refractivity contribution in [1.29, 1.82) is 0 Å². The Kier molecular flexibility index (Phi) is 4.26. The minimum atomic E-state index is -4.39. The second kappa shape index (κ2) is 5.29. The average Bonchev–Trinajstić information content (AvgIpc) is 2.24. The molecular formula is C12H14F3NO. The van der Waals surface area contributed by atoms with Crippen LogP contribution in [0, 0.1) is 10.8 Å². The van der Waals surface area contributed by atoms with E-state index in [9.17, 15) is 18.1 Å². The summed E-state index contributed by atoms with van der Waals surface area (Å²) < 4.78 is 37.5. The summed E-state index contributed by atoms with van der Waals surface area (Å²) in [6.07, 6.45) is -3.94. The lowest BCUT2D eigenvalue weighted by Crippen LogP contribution is -2.07. The number of hydrogen-bond acceptors (Lipinski definition) is 2. The Bertz CT molecular complexity index is 388. The molecule has 0 saturated carbocycles. The molecule has 17 heavy (non-hydrogen) atoms. The molecule has 0 N–H and O–H groups in total. The Morgan fingerprint density at radius 2 is 1.94 bits per heavy atom. The van der Waals surface area contributed by atoms with Gasteiger partial charge < -0.3 is 0 Å². The minimum absolute atomic E-state index is 0.201. The van der Waals surface area contributed by atoms with Gasteiger partial charge in [0.05, 0.1) is 5.56 Å². The topological polar surface area (TPSA) is 29.4 Å². The molecule has 2 nitrogen and oxygen atoms in total. The van der Waals surface area contributed by atoms with Crippen molar-refractivity contribution in [2.45, 2.75) is 32.5 Å². The molecule has 94 valence electrons. The Morgan fingerprint density at radius 3 is 2.41 bits per heavy atom. The van der Waals surface area contributed by atoms with Crippen LogP contribution in [0.15, 0.2) is 29.4 Å². The molecule has 0 aliphatic rings. The average molecular weight is 245 g/mol. The molecule has 1 aromatic carbocycles. The summed E-state index contributed by atoms with van der Waals surface area (Å²) in [5.41, 5.74) is -0.420. The normalized spacial score (nSPS) is 13.8. The van der Waals surface area contributed by atoms with E-state index in [2.05, 4.69) is 5.18 Å². The van der Waals surface area contributed by atoms with Gasteiger partial charge in [0.1, 0.15) is 6.04 Å². The number of alkyl halides is 3. The van der Waals surface area contributed by atoms with Crippen LogP contribution in [0.2, 0.25) is 0 Å². The highest BCUT2D eigenvalue weighted by molar-refractivity contribution is 5.28. The quantitative estimate of drug-likeness (QED) is 0.715. The van der Waals surface area contributed by atoms with E-state index >= 15 is 0 Å². The van der Waals surface area contributed by atoms with E-state index < -0.39 is 17.8 Å². The first kappa shape index (κ1) is 13.7. The second-order valence-electron chi connectivity index (χ2n) is 4.37. The lowest BCUT2D eigenvalue weighted by Gasteiger charge is -2.14. The van der Waals surface area contributed by atoms with Crippen LogP contribution < -0.4 is 0 Å². The summed E-state index contributed by atoms with van der Waals surface area (Å²) in [7, 11) is 0. The Morgan fingerprint density at radius 1 is 1.29 bits per heavy atom. The minimum Gasteiger partial charge on any atom is -0.166 e. The predicted molar refractivity (Wildman–Crippen MR) is 59.4 cm³/mol. The van der Waals surface area contributed by atoms with Gasteiger partial charge in [-0.3, -0.25) is 0 Å². The summed E-state index contributed by atoms with van der Waals surface area (Å²) in [5.74, 6) is 0.201. The highest BCUT2D eigenvalue weighted by Gasteiger charge is 2.31. The van der Waals surface area contributed by atoms with E-state index in [0.717, 1.165) is 12.1 Å². The Hall–Kier alpha value is -1.39. The van der Waals surface area contributed by atoms with E-state index in [0.29, 0.717) is 12.0 Å². The lowest BCUT2D eigenvalue weighted by molar-refractivity contribution is -0.137. The van der Waals surface area contributed by atoms with Crippen LogP contribution in [0.3, 0.4) is 0 Å². The molecule has 1 unspecified atom stereocenters. The SMILES string of the molecule is CC(C)CC(N=O)c1cccc(C(F)(F)F)c1. The lowest BCUT2D eigenvalue weighted by atomic mass is 9.96. The summed E-state index contributed by atoms with van der Waals surface area (Å²) in [6.45, 7) is 3.79. The van der Waals surface area contributed by atoms with Crippen LogP contribution >= 0.6 is 0 Å². The first-order valence-corrected chi connectivity index (χ1v) is 5.34. The van der Waals surface area contributed by atoms with Gasteiger partial charge in [-0.05, 0) is 30.0 Å². The molecular weight excluding hydrogens is 231 g/mol. The van der Waals surface area contributed by atoms with Crippen LogP contribution in [0.4, 0.5) is 13.2 Å². The fraction of sp³-hybridized carbons (Fsp3) is 0.500. The third-order valence-corrected chi connectivity index (χ3v) is 2.42. The van der Waals surface area contributed by atoms with Gasteiger partial charge in [0.2, 0.25) is 0 Å². The molecule has 1 atom stereocenters. The first-order chi connectivity index (χ1) is 7.84. The maximum absolute atomic E-state index is 12.5. The van der Waals surface area contributed by atoms with Gasteiger partial charge >= 0.3 is 6.18 Å². The molecule has 5 heteroatoms. The van der Waals surface area contributed by atoms with E-state index in [1.165, 1.54) is 12.1 Å². The number of rotatable bonds is 4. The van der Waals surface area contributed by atoms with Crippen LogP contribution in [0.25, 0.3) is 0 Å².